The van der Waals surface area contributed by atoms with Gasteiger partial charge in [0, 0.05) is 36.1 Å². The van der Waals surface area contributed by atoms with Crippen molar-refractivity contribution in [3.05, 3.63) is 53.6 Å². The van der Waals surface area contributed by atoms with Crippen molar-refractivity contribution in [2.24, 2.45) is 0 Å². The van der Waals surface area contributed by atoms with E-state index in [4.69, 9.17) is 0 Å². The molecule has 0 saturated carbocycles. The Kier molecular flexibility index (Phi) is 3.52. The molecular formula is C17H18N2O2. The van der Waals surface area contributed by atoms with E-state index in [1.807, 2.05) is 31.2 Å². The lowest BCUT2D eigenvalue weighted by atomic mass is 10.1. The molecule has 1 heterocycles. The van der Waals surface area contributed by atoms with E-state index in [0.717, 1.165) is 18.7 Å². The summed E-state index contributed by atoms with van der Waals surface area (Å²) < 4.78 is 0. The molecule has 2 aromatic carbocycles. The van der Waals surface area contributed by atoms with E-state index in [-0.39, 0.29) is 11.7 Å². The number of rotatable bonds is 3. The van der Waals surface area contributed by atoms with E-state index in [0.29, 0.717) is 17.8 Å². The van der Waals surface area contributed by atoms with Crippen LogP contribution in [0.3, 0.4) is 0 Å². The van der Waals surface area contributed by atoms with Gasteiger partial charge in [0.15, 0.2) is 0 Å². The van der Waals surface area contributed by atoms with Crippen LogP contribution in [-0.4, -0.2) is 24.1 Å². The summed E-state index contributed by atoms with van der Waals surface area (Å²) in [5, 5.41) is 12.9. The van der Waals surface area contributed by atoms with Crippen LogP contribution in [0.4, 0.5) is 11.4 Å². The van der Waals surface area contributed by atoms with Gasteiger partial charge < -0.3 is 15.3 Å². The van der Waals surface area contributed by atoms with Crippen molar-refractivity contribution in [3.63, 3.8) is 0 Å². The smallest absolute Gasteiger partial charge is 0.258 e. The first-order valence-corrected chi connectivity index (χ1v) is 7.16. The third-order valence-electron chi connectivity index (χ3n) is 3.77. The molecule has 0 radical (unpaired) electrons. The molecule has 4 heteroatoms. The second-order valence-electron chi connectivity index (χ2n) is 5.12. The van der Waals surface area contributed by atoms with E-state index < -0.39 is 0 Å². The maximum absolute atomic E-state index is 12.7. The Hall–Kier alpha value is -2.49. The van der Waals surface area contributed by atoms with Crippen molar-refractivity contribution in [2.45, 2.75) is 13.3 Å². The van der Waals surface area contributed by atoms with Gasteiger partial charge in [0.25, 0.3) is 5.91 Å². The highest BCUT2D eigenvalue weighted by Crippen LogP contribution is 2.26. The Labute approximate surface area is 124 Å². The van der Waals surface area contributed by atoms with Crippen LogP contribution in [0.15, 0.2) is 42.5 Å². The minimum atomic E-state index is -0.0559. The lowest BCUT2D eigenvalue weighted by Crippen LogP contribution is -2.30. The van der Waals surface area contributed by atoms with Gasteiger partial charge in [0.2, 0.25) is 0 Å². The first-order valence-electron chi connectivity index (χ1n) is 7.16. The quantitative estimate of drug-likeness (QED) is 0.910. The van der Waals surface area contributed by atoms with Gasteiger partial charge in [0.1, 0.15) is 5.75 Å². The predicted molar refractivity (Wildman–Crippen MR) is 84.1 cm³/mol. The first-order chi connectivity index (χ1) is 10.2. The molecule has 0 atom stereocenters. The zero-order chi connectivity index (χ0) is 14.8. The van der Waals surface area contributed by atoms with E-state index >= 15 is 0 Å². The van der Waals surface area contributed by atoms with Gasteiger partial charge >= 0.3 is 0 Å². The number of fused-ring (bicyclic) bond motifs is 1. The Morgan fingerprint density at radius 1 is 1.29 bits per heavy atom. The summed E-state index contributed by atoms with van der Waals surface area (Å²) in [5.74, 6) is 0.106. The zero-order valence-corrected chi connectivity index (χ0v) is 12.0. The molecular weight excluding hydrogens is 264 g/mol. The Morgan fingerprint density at radius 2 is 2.14 bits per heavy atom. The van der Waals surface area contributed by atoms with E-state index in [2.05, 4.69) is 5.32 Å². The highest BCUT2D eigenvalue weighted by molar-refractivity contribution is 6.06. The van der Waals surface area contributed by atoms with Crippen molar-refractivity contribution in [1.29, 1.82) is 0 Å². The van der Waals surface area contributed by atoms with Crippen LogP contribution in [0, 0.1) is 0 Å². The highest BCUT2D eigenvalue weighted by Gasteiger charge is 2.19. The van der Waals surface area contributed by atoms with Gasteiger partial charge in [-0.25, -0.2) is 0 Å². The molecule has 1 amide bonds. The highest BCUT2D eigenvalue weighted by atomic mass is 16.3. The predicted octanol–water partition coefficient (Wildman–Crippen LogP) is 3.03. The number of aromatic hydroxyl groups is 1. The lowest BCUT2D eigenvalue weighted by molar-refractivity contribution is 0.0988. The number of phenols is 1. The van der Waals surface area contributed by atoms with E-state index in [1.165, 1.54) is 5.56 Å². The van der Waals surface area contributed by atoms with Crippen LogP contribution in [-0.2, 0) is 6.42 Å². The van der Waals surface area contributed by atoms with Gasteiger partial charge in [-0.1, -0.05) is 12.1 Å². The average Bonchev–Trinajstić information content (AvgIpc) is 2.95. The van der Waals surface area contributed by atoms with Crippen molar-refractivity contribution in [3.8, 4) is 5.75 Å². The number of nitrogens with zero attached hydrogens (tertiary/aromatic N) is 1. The van der Waals surface area contributed by atoms with E-state index in [1.54, 1.807) is 23.1 Å². The average molecular weight is 282 g/mol. The second kappa shape index (κ2) is 5.48. The van der Waals surface area contributed by atoms with Crippen molar-refractivity contribution < 1.29 is 9.90 Å². The number of carbonyl (C=O) groups is 1. The fourth-order valence-electron chi connectivity index (χ4n) is 2.68. The molecule has 4 nitrogen and oxygen atoms in total. The molecule has 0 bridgehead atoms. The number of nitrogens with one attached hydrogen (secondary N) is 1. The first kappa shape index (κ1) is 13.5. The monoisotopic (exact) mass is 282 g/mol. The number of anilines is 2. The topological polar surface area (TPSA) is 52.6 Å². The summed E-state index contributed by atoms with van der Waals surface area (Å²) in [6.45, 7) is 3.40. The number of hydrogen-bond acceptors (Lipinski definition) is 3. The number of phenolic OH excluding ortho intramolecular Hbond substituents is 1. The fraction of sp³-hybridized carbons (Fsp3) is 0.235. The van der Waals surface area contributed by atoms with Gasteiger partial charge in [-0.05, 0) is 43.2 Å². The fourth-order valence-corrected chi connectivity index (χ4v) is 2.68. The maximum atomic E-state index is 12.7. The van der Waals surface area contributed by atoms with E-state index in [9.17, 15) is 9.90 Å². The SMILES string of the molecule is CCN(C(=O)c1ccc2c(c1)NCC2)c1cccc(O)c1. The van der Waals surface area contributed by atoms with Crippen LogP contribution >= 0.6 is 0 Å². The molecule has 0 saturated heterocycles. The van der Waals surface area contributed by atoms with Gasteiger partial charge in [-0.2, -0.15) is 0 Å². The minimum Gasteiger partial charge on any atom is -0.508 e. The van der Waals surface area contributed by atoms with Crippen molar-refractivity contribution in [2.75, 3.05) is 23.3 Å². The van der Waals surface area contributed by atoms with Crippen LogP contribution < -0.4 is 10.2 Å². The Balaban J connectivity index is 1.92. The van der Waals surface area contributed by atoms with Crippen molar-refractivity contribution >= 4 is 17.3 Å². The number of amides is 1. The maximum Gasteiger partial charge on any atom is 0.258 e. The Morgan fingerprint density at radius 3 is 2.90 bits per heavy atom. The molecule has 3 rings (SSSR count). The number of carbonyl (C=O) groups excluding carboxylic acids is 1. The summed E-state index contributed by atoms with van der Waals surface area (Å²) in [5.41, 5.74) is 3.67. The number of hydrogen-bond donors (Lipinski definition) is 2. The molecule has 0 fully saturated rings. The zero-order valence-electron chi connectivity index (χ0n) is 12.0. The largest absolute Gasteiger partial charge is 0.508 e. The van der Waals surface area contributed by atoms with Crippen LogP contribution in [0.1, 0.15) is 22.8 Å². The van der Waals surface area contributed by atoms with Crippen molar-refractivity contribution in [1.82, 2.24) is 0 Å². The molecule has 1 aliphatic heterocycles. The molecule has 0 unspecified atom stereocenters. The normalized spacial score (nSPS) is 12.6. The molecule has 2 aromatic rings. The molecule has 0 spiro atoms. The van der Waals surface area contributed by atoms with Crippen LogP contribution in [0.5, 0.6) is 5.75 Å². The second-order valence-corrected chi connectivity index (χ2v) is 5.12. The molecule has 2 N–H and O–H groups in total. The third kappa shape index (κ3) is 2.57. The molecule has 0 aromatic heterocycles. The molecule has 21 heavy (non-hydrogen) atoms. The molecule has 108 valence electrons. The summed E-state index contributed by atoms with van der Waals surface area (Å²) in [7, 11) is 0. The van der Waals surface area contributed by atoms with Crippen LogP contribution in [0.2, 0.25) is 0 Å². The Bertz CT molecular complexity index is 682. The van der Waals surface area contributed by atoms with Gasteiger partial charge in [-0.15, -0.1) is 0 Å². The summed E-state index contributed by atoms with van der Waals surface area (Å²) >= 11 is 0. The molecule has 1 aliphatic rings. The summed E-state index contributed by atoms with van der Waals surface area (Å²) in [6.07, 6.45) is 1.01. The number of benzene rings is 2. The van der Waals surface area contributed by atoms with Gasteiger partial charge in [0.05, 0.1) is 0 Å². The van der Waals surface area contributed by atoms with Gasteiger partial charge in [-0.3, -0.25) is 4.79 Å². The molecule has 0 aliphatic carbocycles. The summed E-state index contributed by atoms with van der Waals surface area (Å²) in [4.78, 5) is 14.4. The lowest BCUT2D eigenvalue weighted by Gasteiger charge is -2.21. The summed E-state index contributed by atoms with van der Waals surface area (Å²) in [6, 6.07) is 12.6. The standard InChI is InChI=1S/C17H18N2O2/c1-2-19(14-4-3-5-15(20)11-14)17(21)13-7-6-12-8-9-18-16(12)10-13/h3-7,10-11,18,20H,2,8-9H2,1H3. The third-order valence-corrected chi connectivity index (χ3v) is 3.77. The minimum absolute atomic E-state index is 0.0559. The van der Waals surface area contributed by atoms with Crippen LogP contribution in [0.25, 0.3) is 0 Å².